The number of carbonyl (C=O) groups is 2. The fourth-order valence-electron chi connectivity index (χ4n) is 1.74. The zero-order valence-corrected chi connectivity index (χ0v) is 12.0. The smallest absolute Gasteiger partial charge is 0.271 e. The number of hydrogen-bond acceptors (Lipinski definition) is 5. The van der Waals surface area contributed by atoms with Crippen molar-refractivity contribution in [2.24, 2.45) is 0 Å². The van der Waals surface area contributed by atoms with Crippen molar-refractivity contribution in [2.75, 3.05) is 6.54 Å². The van der Waals surface area contributed by atoms with Crippen LogP contribution in [-0.2, 0) is 11.3 Å². The van der Waals surface area contributed by atoms with E-state index in [0.717, 1.165) is 5.69 Å². The van der Waals surface area contributed by atoms with E-state index in [4.69, 9.17) is 0 Å². The van der Waals surface area contributed by atoms with Crippen LogP contribution >= 0.6 is 0 Å². The minimum absolute atomic E-state index is 0.0700. The maximum atomic E-state index is 11.7. The van der Waals surface area contributed by atoms with E-state index in [1.54, 1.807) is 6.20 Å². The summed E-state index contributed by atoms with van der Waals surface area (Å²) >= 11 is 0. The maximum absolute atomic E-state index is 11.7. The monoisotopic (exact) mass is 299 g/mol. The molecule has 22 heavy (non-hydrogen) atoms. The lowest BCUT2D eigenvalue weighted by Crippen LogP contribution is -2.28. The highest BCUT2D eigenvalue weighted by Crippen LogP contribution is 1.95. The van der Waals surface area contributed by atoms with Gasteiger partial charge in [0, 0.05) is 31.6 Å². The first-order valence-electron chi connectivity index (χ1n) is 6.96. The molecule has 0 saturated carbocycles. The molecule has 7 nitrogen and oxygen atoms in total. The summed E-state index contributed by atoms with van der Waals surface area (Å²) in [5.41, 5.74) is 1.08. The van der Waals surface area contributed by atoms with E-state index in [0.29, 0.717) is 25.9 Å². The Kier molecular flexibility index (Phi) is 5.98. The van der Waals surface area contributed by atoms with Crippen LogP contribution in [0.1, 0.15) is 29.0 Å². The van der Waals surface area contributed by atoms with Crippen molar-refractivity contribution in [2.45, 2.75) is 19.4 Å². The van der Waals surface area contributed by atoms with Gasteiger partial charge < -0.3 is 10.6 Å². The van der Waals surface area contributed by atoms with Gasteiger partial charge in [0.2, 0.25) is 5.91 Å². The summed E-state index contributed by atoms with van der Waals surface area (Å²) in [7, 11) is 0. The highest BCUT2D eigenvalue weighted by Gasteiger charge is 2.06. The molecule has 0 unspecified atom stereocenters. The predicted octanol–water partition coefficient (Wildman–Crippen LogP) is 0.698. The number of rotatable bonds is 7. The Morgan fingerprint density at radius 1 is 1.05 bits per heavy atom. The molecule has 2 rings (SSSR count). The Labute approximate surface area is 128 Å². The molecule has 0 aliphatic carbocycles. The first-order chi connectivity index (χ1) is 10.8. The van der Waals surface area contributed by atoms with Gasteiger partial charge in [-0.3, -0.25) is 19.6 Å². The Morgan fingerprint density at radius 2 is 1.95 bits per heavy atom. The molecule has 2 aromatic rings. The lowest BCUT2D eigenvalue weighted by molar-refractivity contribution is -0.121. The van der Waals surface area contributed by atoms with Crippen LogP contribution in [0.5, 0.6) is 0 Å². The first kappa shape index (κ1) is 15.6. The molecule has 0 radical (unpaired) electrons. The van der Waals surface area contributed by atoms with Crippen LogP contribution in [0.15, 0.2) is 43.0 Å². The first-order valence-corrected chi connectivity index (χ1v) is 6.96. The molecule has 2 aromatic heterocycles. The van der Waals surface area contributed by atoms with Gasteiger partial charge >= 0.3 is 0 Å². The van der Waals surface area contributed by atoms with Crippen LogP contribution in [0.4, 0.5) is 0 Å². The molecule has 2 N–H and O–H groups in total. The SMILES string of the molecule is O=C(CCCNC(=O)c1cnccn1)NCc1ccccn1. The van der Waals surface area contributed by atoms with Crippen molar-refractivity contribution in [1.29, 1.82) is 0 Å². The maximum Gasteiger partial charge on any atom is 0.271 e. The van der Waals surface area contributed by atoms with Crippen LogP contribution in [0.25, 0.3) is 0 Å². The summed E-state index contributed by atoms with van der Waals surface area (Å²) in [4.78, 5) is 35.2. The number of nitrogens with one attached hydrogen (secondary N) is 2. The topological polar surface area (TPSA) is 96.9 Å². The summed E-state index contributed by atoms with van der Waals surface area (Å²) in [6.07, 6.45) is 6.94. The molecular formula is C15H17N5O2. The molecule has 0 aromatic carbocycles. The standard InChI is InChI=1S/C15H17N5O2/c21-14(20-10-12-4-1-2-6-17-12)5-3-7-19-15(22)13-11-16-8-9-18-13/h1-2,4,6,8-9,11H,3,5,7,10H2,(H,19,22)(H,20,21). The number of nitrogens with zero attached hydrogens (tertiary/aromatic N) is 3. The molecule has 0 fully saturated rings. The van der Waals surface area contributed by atoms with Crippen molar-refractivity contribution >= 4 is 11.8 Å². The average Bonchev–Trinajstić information content (AvgIpc) is 2.58. The van der Waals surface area contributed by atoms with Crippen LogP contribution in [0.2, 0.25) is 0 Å². The zero-order chi connectivity index (χ0) is 15.6. The van der Waals surface area contributed by atoms with E-state index < -0.39 is 0 Å². The van der Waals surface area contributed by atoms with Gasteiger partial charge in [-0.05, 0) is 18.6 Å². The molecule has 0 spiro atoms. The van der Waals surface area contributed by atoms with Crippen LogP contribution < -0.4 is 10.6 Å². The van der Waals surface area contributed by atoms with Gasteiger partial charge in [-0.25, -0.2) is 4.98 Å². The molecule has 0 bridgehead atoms. The van der Waals surface area contributed by atoms with Crippen molar-refractivity contribution in [3.05, 3.63) is 54.4 Å². The summed E-state index contributed by atoms with van der Waals surface area (Å²) in [6.45, 7) is 0.818. The van der Waals surface area contributed by atoms with Crippen molar-refractivity contribution < 1.29 is 9.59 Å². The number of aromatic nitrogens is 3. The second kappa shape index (κ2) is 8.46. The van der Waals surface area contributed by atoms with Crippen LogP contribution in [0, 0.1) is 0 Å². The third-order valence-electron chi connectivity index (χ3n) is 2.85. The molecule has 0 atom stereocenters. The Balaban J connectivity index is 1.60. The minimum Gasteiger partial charge on any atom is -0.351 e. The summed E-state index contributed by atoms with van der Waals surface area (Å²) in [5, 5.41) is 5.48. The van der Waals surface area contributed by atoms with Crippen molar-refractivity contribution in [3.63, 3.8) is 0 Å². The van der Waals surface area contributed by atoms with E-state index >= 15 is 0 Å². The molecule has 114 valence electrons. The fraction of sp³-hybridized carbons (Fsp3) is 0.267. The van der Waals surface area contributed by atoms with Gasteiger partial charge in [0.1, 0.15) is 5.69 Å². The van der Waals surface area contributed by atoms with Gasteiger partial charge in [0.25, 0.3) is 5.91 Å². The molecule has 0 saturated heterocycles. The highest BCUT2D eigenvalue weighted by atomic mass is 16.2. The predicted molar refractivity (Wildman–Crippen MR) is 79.7 cm³/mol. The number of amides is 2. The second-order valence-electron chi connectivity index (χ2n) is 4.55. The van der Waals surface area contributed by atoms with Gasteiger partial charge in [-0.15, -0.1) is 0 Å². The fourth-order valence-corrected chi connectivity index (χ4v) is 1.74. The van der Waals surface area contributed by atoms with Gasteiger partial charge in [-0.2, -0.15) is 0 Å². The lowest BCUT2D eigenvalue weighted by atomic mass is 10.2. The van der Waals surface area contributed by atoms with Gasteiger partial charge in [0.05, 0.1) is 18.4 Å². The average molecular weight is 299 g/mol. The Bertz CT molecular complexity index is 604. The van der Waals surface area contributed by atoms with Crippen molar-refractivity contribution in [3.8, 4) is 0 Å². The Morgan fingerprint density at radius 3 is 2.68 bits per heavy atom. The third-order valence-corrected chi connectivity index (χ3v) is 2.85. The molecule has 2 amide bonds. The second-order valence-corrected chi connectivity index (χ2v) is 4.55. The van der Waals surface area contributed by atoms with E-state index in [-0.39, 0.29) is 17.5 Å². The van der Waals surface area contributed by atoms with Gasteiger partial charge in [-0.1, -0.05) is 6.07 Å². The number of carbonyl (C=O) groups excluding carboxylic acids is 2. The number of hydrogen-bond donors (Lipinski definition) is 2. The largest absolute Gasteiger partial charge is 0.351 e. The summed E-state index contributed by atoms with van der Waals surface area (Å²) in [6, 6.07) is 5.54. The summed E-state index contributed by atoms with van der Waals surface area (Å²) < 4.78 is 0. The Hall–Kier alpha value is -2.83. The quantitative estimate of drug-likeness (QED) is 0.733. The molecule has 0 aliphatic heterocycles. The van der Waals surface area contributed by atoms with Crippen LogP contribution in [0.3, 0.4) is 0 Å². The third kappa shape index (κ3) is 5.28. The van der Waals surface area contributed by atoms with E-state index in [2.05, 4.69) is 25.6 Å². The molecule has 0 aliphatic rings. The number of pyridine rings is 1. The minimum atomic E-state index is -0.290. The highest BCUT2D eigenvalue weighted by molar-refractivity contribution is 5.91. The molecule has 2 heterocycles. The lowest BCUT2D eigenvalue weighted by Gasteiger charge is -2.06. The zero-order valence-electron chi connectivity index (χ0n) is 12.0. The molecular weight excluding hydrogens is 282 g/mol. The van der Waals surface area contributed by atoms with Crippen molar-refractivity contribution in [1.82, 2.24) is 25.6 Å². The van der Waals surface area contributed by atoms with Crippen LogP contribution in [-0.4, -0.2) is 33.3 Å². The summed E-state index contributed by atoms with van der Waals surface area (Å²) in [5.74, 6) is -0.360. The van der Waals surface area contributed by atoms with Gasteiger partial charge in [0.15, 0.2) is 0 Å². The van der Waals surface area contributed by atoms with E-state index in [9.17, 15) is 9.59 Å². The normalized spacial score (nSPS) is 10.0. The van der Waals surface area contributed by atoms with E-state index in [1.807, 2.05) is 18.2 Å². The molecule has 7 heteroatoms. The van der Waals surface area contributed by atoms with E-state index in [1.165, 1.54) is 18.6 Å².